The van der Waals surface area contributed by atoms with Gasteiger partial charge in [0.1, 0.15) is 17.6 Å². The maximum atomic E-state index is 13.5. The number of amides is 1. The number of anilines is 1. The largest absolute Gasteiger partial charge is 0.497 e. The van der Waals surface area contributed by atoms with Gasteiger partial charge in [0.15, 0.2) is 0 Å². The number of fused-ring (bicyclic) bond motifs is 1. The van der Waals surface area contributed by atoms with Gasteiger partial charge in [0.05, 0.1) is 31.1 Å². The number of hydrogen-bond acceptors (Lipinski definition) is 7. The van der Waals surface area contributed by atoms with Crippen molar-refractivity contribution in [3.05, 3.63) is 83.4 Å². The average molecular weight is 596 g/mol. The van der Waals surface area contributed by atoms with E-state index in [2.05, 4.69) is 9.62 Å². The van der Waals surface area contributed by atoms with Crippen molar-refractivity contribution < 1.29 is 27.8 Å². The summed E-state index contributed by atoms with van der Waals surface area (Å²) in [5, 5.41) is 9.91. The summed E-state index contributed by atoms with van der Waals surface area (Å²) in [5.41, 5.74) is 3.01. The number of sulfonamides is 1. The number of rotatable bonds is 10. The Morgan fingerprint density at radius 2 is 1.81 bits per heavy atom. The summed E-state index contributed by atoms with van der Waals surface area (Å²) in [6.45, 7) is 7.30. The summed E-state index contributed by atoms with van der Waals surface area (Å²) in [6.07, 6.45) is -0.262. The Hall–Kier alpha value is -3.60. The molecule has 0 bridgehead atoms. The highest BCUT2D eigenvalue weighted by molar-refractivity contribution is 7.92. The number of ether oxygens (including phenoxy) is 2. The molecule has 3 atom stereocenters. The van der Waals surface area contributed by atoms with Crippen LogP contribution in [-0.4, -0.2) is 75.2 Å². The molecule has 0 spiro atoms. The molecular formula is C32H41N3O6S. The highest BCUT2D eigenvalue weighted by Crippen LogP contribution is 2.30. The fourth-order valence-electron chi connectivity index (χ4n) is 5.06. The van der Waals surface area contributed by atoms with E-state index in [-0.39, 0.29) is 41.9 Å². The van der Waals surface area contributed by atoms with E-state index in [1.165, 1.54) is 0 Å². The number of likely N-dealkylation sites (N-methyl/N-ethyl adjacent to an activating group) is 1. The van der Waals surface area contributed by atoms with Gasteiger partial charge in [0.25, 0.3) is 10.0 Å². The van der Waals surface area contributed by atoms with Gasteiger partial charge in [-0.25, -0.2) is 8.42 Å². The molecular weight excluding hydrogens is 554 g/mol. The first kappa shape index (κ1) is 31.3. The number of nitrogens with one attached hydrogen (secondary N) is 1. The monoisotopic (exact) mass is 595 g/mol. The number of carbonyl (C=O) groups is 1. The van der Waals surface area contributed by atoms with Crippen LogP contribution in [0.1, 0.15) is 30.5 Å². The van der Waals surface area contributed by atoms with Crippen molar-refractivity contribution in [3.63, 3.8) is 0 Å². The summed E-state index contributed by atoms with van der Waals surface area (Å²) >= 11 is 0. The first-order valence-electron chi connectivity index (χ1n) is 14.1. The highest BCUT2D eigenvalue weighted by atomic mass is 32.2. The Balaban J connectivity index is 1.61. The second kappa shape index (κ2) is 13.6. The third-order valence-corrected chi connectivity index (χ3v) is 9.00. The normalized spacial score (nSPS) is 18.4. The second-order valence-corrected chi connectivity index (χ2v) is 12.9. The maximum absolute atomic E-state index is 13.5. The number of aliphatic hydroxyl groups excluding tert-OH is 1. The van der Waals surface area contributed by atoms with Crippen molar-refractivity contribution in [2.75, 3.05) is 38.6 Å². The standard InChI is InChI=1S/C32H41N3O6S/c1-22-6-13-29(14-7-22)42(38,39)33-27-10-15-30-26(16-27)17-32(37)35(24(3)21-36)18-23(2)31(41-30)20-34(4)19-25-8-11-28(40-5)12-9-25/h6-16,23-24,31,33,36H,17-21H2,1-5H3/t23-,24-,31-/m1/s1. The third kappa shape index (κ3) is 7.81. The Morgan fingerprint density at radius 3 is 2.45 bits per heavy atom. The van der Waals surface area contributed by atoms with Crippen LogP contribution in [0.4, 0.5) is 5.69 Å². The summed E-state index contributed by atoms with van der Waals surface area (Å²) in [7, 11) is -0.160. The fraction of sp³-hybridized carbons (Fsp3) is 0.406. The SMILES string of the molecule is COc1ccc(CN(C)C[C@H]2Oc3ccc(NS(=O)(=O)c4ccc(C)cc4)cc3CC(=O)N([C@H](C)CO)C[C@H]2C)cc1. The fourth-order valence-corrected chi connectivity index (χ4v) is 6.11. The third-order valence-electron chi connectivity index (χ3n) is 7.60. The highest BCUT2D eigenvalue weighted by Gasteiger charge is 2.31. The van der Waals surface area contributed by atoms with Crippen molar-refractivity contribution >= 4 is 21.6 Å². The van der Waals surface area contributed by atoms with Crippen molar-refractivity contribution in [2.45, 2.75) is 50.8 Å². The maximum Gasteiger partial charge on any atom is 0.261 e. The molecule has 0 aliphatic carbocycles. The van der Waals surface area contributed by atoms with Crippen LogP contribution in [0.15, 0.2) is 71.6 Å². The van der Waals surface area contributed by atoms with Gasteiger partial charge >= 0.3 is 0 Å². The van der Waals surface area contributed by atoms with Crippen molar-refractivity contribution in [1.82, 2.24) is 9.80 Å². The molecule has 3 aromatic carbocycles. The molecule has 10 heteroatoms. The zero-order valence-electron chi connectivity index (χ0n) is 24.9. The summed E-state index contributed by atoms with van der Waals surface area (Å²) in [4.78, 5) is 17.5. The Bertz CT molecular complexity index is 1460. The zero-order valence-corrected chi connectivity index (χ0v) is 25.7. The molecule has 1 aliphatic heterocycles. The van der Waals surface area contributed by atoms with Gasteiger partial charge in [0, 0.05) is 36.8 Å². The number of aliphatic hydroxyl groups is 1. The topological polar surface area (TPSA) is 108 Å². The van der Waals surface area contributed by atoms with Crippen LogP contribution in [0, 0.1) is 12.8 Å². The summed E-state index contributed by atoms with van der Waals surface area (Å²) < 4.78 is 40.6. The molecule has 0 unspecified atom stereocenters. The number of hydrogen-bond donors (Lipinski definition) is 2. The first-order chi connectivity index (χ1) is 20.0. The smallest absolute Gasteiger partial charge is 0.261 e. The van der Waals surface area contributed by atoms with E-state index in [1.54, 1.807) is 54.5 Å². The molecule has 0 radical (unpaired) electrons. The predicted octanol–water partition coefficient (Wildman–Crippen LogP) is 4.09. The molecule has 0 fully saturated rings. The molecule has 226 valence electrons. The Morgan fingerprint density at radius 1 is 1.12 bits per heavy atom. The molecule has 1 aliphatic rings. The molecule has 1 amide bonds. The van der Waals surface area contributed by atoms with Gasteiger partial charge in [-0.05, 0) is 68.9 Å². The molecule has 0 saturated carbocycles. The summed E-state index contributed by atoms with van der Waals surface area (Å²) in [5.74, 6) is 1.13. The number of benzene rings is 3. The van der Waals surface area contributed by atoms with Crippen LogP contribution in [0.25, 0.3) is 0 Å². The van der Waals surface area contributed by atoms with Crippen LogP contribution in [0.3, 0.4) is 0 Å². The Kier molecular flexibility index (Phi) is 10.1. The summed E-state index contributed by atoms with van der Waals surface area (Å²) in [6, 6.07) is 19.2. The van der Waals surface area contributed by atoms with E-state index in [4.69, 9.17) is 9.47 Å². The molecule has 42 heavy (non-hydrogen) atoms. The van der Waals surface area contributed by atoms with E-state index >= 15 is 0 Å². The number of nitrogens with zero attached hydrogens (tertiary/aromatic N) is 2. The Labute approximate surface area is 249 Å². The lowest BCUT2D eigenvalue weighted by Gasteiger charge is -2.34. The lowest BCUT2D eigenvalue weighted by atomic mass is 10.0. The van der Waals surface area contributed by atoms with Crippen molar-refractivity contribution in [1.29, 1.82) is 0 Å². The van der Waals surface area contributed by atoms with E-state index < -0.39 is 10.0 Å². The lowest BCUT2D eigenvalue weighted by Crippen LogP contribution is -2.47. The molecule has 1 heterocycles. The van der Waals surface area contributed by atoms with Gasteiger partial charge < -0.3 is 19.5 Å². The molecule has 4 rings (SSSR count). The van der Waals surface area contributed by atoms with Crippen LogP contribution in [0.2, 0.25) is 0 Å². The van der Waals surface area contributed by atoms with E-state index in [0.717, 1.165) is 16.9 Å². The number of aryl methyl sites for hydroxylation is 1. The van der Waals surface area contributed by atoms with Gasteiger partial charge in [-0.3, -0.25) is 14.4 Å². The van der Waals surface area contributed by atoms with Gasteiger partial charge in [0.2, 0.25) is 5.91 Å². The van der Waals surface area contributed by atoms with E-state index in [0.29, 0.717) is 36.6 Å². The lowest BCUT2D eigenvalue weighted by molar-refractivity contribution is -0.134. The van der Waals surface area contributed by atoms with Gasteiger partial charge in [-0.15, -0.1) is 0 Å². The van der Waals surface area contributed by atoms with Gasteiger partial charge in [-0.2, -0.15) is 0 Å². The minimum Gasteiger partial charge on any atom is -0.497 e. The van der Waals surface area contributed by atoms with Crippen LogP contribution in [0.5, 0.6) is 11.5 Å². The van der Waals surface area contributed by atoms with E-state index in [1.807, 2.05) is 52.1 Å². The quantitative estimate of drug-likeness (QED) is 0.364. The average Bonchev–Trinajstić information content (AvgIpc) is 3.00. The van der Waals surface area contributed by atoms with Crippen LogP contribution < -0.4 is 14.2 Å². The van der Waals surface area contributed by atoms with Gasteiger partial charge in [-0.1, -0.05) is 36.8 Å². The number of carbonyl (C=O) groups excluding carboxylic acids is 1. The molecule has 0 aromatic heterocycles. The minimum absolute atomic E-state index is 0.0148. The second-order valence-electron chi connectivity index (χ2n) is 11.2. The zero-order chi connectivity index (χ0) is 30.4. The first-order valence-corrected chi connectivity index (χ1v) is 15.6. The van der Waals surface area contributed by atoms with E-state index in [9.17, 15) is 18.3 Å². The van der Waals surface area contributed by atoms with Crippen LogP contribution in [-0.2, 0) is 27.8 Å². The molecule has 0 saturated heterocycles. The number of methoxy groups -OCH3 is 1. The minimum atomic E-state index is -3.83. The van der Waals surface area contributed by atoms with Crippen LogP contribution >= 0.6 is 0 Å². The molecule has 3 aromatic rings. The molecule has 2 N–H and O–H groups in total. The van der Waals surface area contributed by atoms with Crippen molar-refractivity contribution in [3.8, 4) is 11.5 Å². The predicted molar refractivity (Wildman–Crippen MR) is 163 cm³/mol. The van der Waals surface area contributed by atoms with Crippen molar-refractivity contribution in [2.24, 2.45) is 5.92 Å². The molecule has 9 nitrogen and oxygen atoms in total.